The highest BCUT2D eigenvalue weighted by Crippen LogP contribution is 2.30. The second-order valence-electron chi connectivity index (χ2n) is 7.91. The van der Waals surface area contributed by atoms with Crippen LogP contribution >= 0.6 is 11.6 Å². The summed E-state index contributed by atoms with van der Waals surface area (Å²) >= 11 is 5.99. The van der Waals surface area contributed by atoms with Crippen molar-refractivity contribution in [2.24, 2.45) is 0 Å². The smallest absolute Gasteiger partial charge is 0.335 e. The van der Waals surface area contributed by atoms with Crippen LogP contribution in [0.3, 0.4) is 0 Å². The molecule has 0 spiro atoms. The molecule has 0 radical (unpaired) electrons. The van der Waals surface area contributed by atoms with Crippen molar-refractivity contribution in [3.05, 3.63) is 82.9 Å². The molecule has 1 aliphatic heterocycles. The third-order valence-electron chi connectivity index (χ3n) is 5.40. The molecule has 0 aliphatic carbocycles. The van der Waals surface area contributed by atoms with Gasteiger partial charge in [-0.2, -0.15) is 0 Å². The Morgan fingerprint density at radius 2 is 1.74 bits per heavy atom. The molecule has 3 aromatic rings. The van der Waals surface area contributed by atoms with Gasteiger partial charge in [0.25, 0.3) is 17.7 Å². The molecule has 0 aromatic heterocycles. The highest BCUT2D eigenvalue weighted by molar-refractivity contribution is 6.39. The maximum Gasteiger partial charge on any atom is 0.335 e. The Morgan fingerprint density at radius 1 is 0.974 bits per heavy atom. The van der Waals surface area contributed by atoms with Gasteiger partial charge in [-0.25, -0.2) is 9.69 Å². The first-order valence-electron chi connectivity index (χ1n) is 11.2. The van der Waals surface area contributed by atoms with Crippen LogP contribution in [0.2, 0.25) is 5.02 Å². The summed E-state index contributed by atoms with van der Waals surface area (Å²) in [6.45, 7) is -0.291. The normalized spacial score (nSPS) is 14.2. The summed E-state index contributed by atoms with van der Waals surface area (Å²) in [7, 11) is 2.96. The van der Waals surface area contributed by atoms with E-state index in [9.17, 15) is 19.2 Å². The summed E-state index contributed by atoms with van der Waals surface area (Å²) in [5, 5.41) is 5.19. The number of anilines is 2. The lowest BCUT2D eigenvalue weighted by atomic mass is 10.1. The number of nitrogens with one attached hydrogen (secondary N) is 2. The van der Waals surface area contributed by atoms with Crippen LogP contribution in [-0.4, -0.2) is 44.6 Å². The minimum Gasteiger partial charge on any atom is -0.497 e. The maximum atomic E-state index is 13.1. The van der Waals surface area contributed by atoms with Crippen molar-refractivity contribution in [1.29, 1.82) is 0 Å². The van der Waals surface area contributed by atoms with Crippen LogP contribution in [0.5, 0.6) is 17.2 Å². The molecule has 2 N–H and O–H groups in total. The number of methoxy groups -OCH3 is 2. The van der Waals surface area contributed by atoms with E-state index in [2.05, 4.69) is 10.6 Å². The second-order valence-corrected chi connectivity index (χ2v) is 8.35. The van der Waals surface area contributed by atoms with Gasteiger partial charge >= 0.3 is 6.03 Å². The highest BCUT2D eigenvalue weighted by Gasteiger charge is 2.36. The fraction of sp³-hybridized carbons (Fsp3) is 0.111. The predicted molar refractivity (Wildman–Crippen MR) is 141 cm³/mol. The quantitative estimate of drug-likeness (QED) is 0.329. The van der Waals surface area contributed by atoms with Crippen LogP contribution in [0.15, 0.2) is 72.3 Å². The molecule has 3 aromatic carbocycles. The van der Waals surface area contributed by atoms with Gasteiger partial charge in [-0.15, -0.1) is 0 Å². The number of amides is 5. The number of imide groups is 2. The number of carbonyl (C=O) groups excluding carboxylic acids is 4. The minimum atomic E-state index is -0.881. The zero-order chi connectivity index (χ0) is 27.2. The molecule has 1 saturated heterocycles. The van der Waals surface area contributed by atoms with Crippen molar-refractivity contribution in [3.63, 3.8) is 0 Å². The molecule has 1 heterocycles. The number of halogens is 1. The zero-order valence-corrected chi connectivity index (χ0v) is 21.1. The molecule has 0 atom stereocenters. The van der Waals surface area contributed by atoms with E-state index in [4.69, 9.17) is 25.8 Å². The Balaban J connectivity index is 1.49. The SMILES string of the molecule is COc1ccc(NC(=O)COc2ccc(/C=C3\C(=O)NC(=O)N(c4cccc(Cl)c4)C3=O)cc2OC)cc1. The third kappa shape index (κ3) is 5.93. The molecule has 1 fully saturated rings. The highest BCUT2D eigenvalue weighted by atomic mass is 35.5. The standard InChI is InChI=1S/C27H22ClN3O7/c1-36-20-9-7-18(8-10-20)29-24(32)15-38-22-11-6-16(13-23(22)37-2)12-21-25(33)30-27(35)31(26(21)34)19-5-3-4-17(28)14-19/h3-14H,15H2,1-2H3,(H,29,32)(H,30,33,35)/b21-12+. The Labute approximate surface area is 222 Å². The first-order valence-corrected chi connectivity index (χ1v) is 11.6. The van der Waals surface area contributed by atoms with Crippen molar-refractivity contribution >= 4 is 52.8 Å². The number of ether oxygens (including phenoxy) is 3. The first kappa shape index (κ1) is 26.2. The van der Waals surface area contributed by atoms with Crippen LogP contribution in [0.4, 0.5) is 16.2 Å². The van der Waals surface area contributed by atoms with Gasteiger partial charge in [-0.1, -0.05) is 23.7 Å². The predicted octanol–water partition coefficient (Wildman–Crippen LogP) is 4.04. The van der Waals surface area contributed by atoms with E-state index in [1.54, 1.807) is 49.6 Å². The second kappa shape index (κ2) is 11.5. The van der Waals surface area contributed by atoms with Gasteiger partial charge in [0.05, 0.1) is 19.9 Å². The molecule has 10 nitrogen and oxygen atoms in total. The summed E-state index contributed by atoms with van der Waals surface area (Å²) in [6, 6.07) is 16.7. The monoisotopic (exact) mass is 535 g/mol. The van der Waals surface area contributed by atoms with Gasteiger partial charge in [-0.3, -0.25) is 19.7 Å². The Bertz CT molecular complexity index is 1440. The number of hydrogen-bond donors (Lipinski definition) is 2. The Hall–Kier alpha value is -4.83. The number of nitrogens with zero attached hydrogens (tertiary/aromatic N) is 1. The van der Waals surface area contributed by atoms with E-state index < -0.39 is 23.8 Å². The number of carbonyl (C=O) groups is 4. The lowest BCUT2D eigenvalue weighted by molar-refractivity contribution is -0.122. The van der Waals surface area contributed by atoms with Crippen LogP contribution in [0.1, 0.15) is 5.56 Å². The van der Waals surface area contributed by atoms with Crippen molar-refractivity contribution < 1.29 is 33.4 Å². The lowest BCUT2D eigenvalue weighted by Crippen LogP contribution is -2.54. The van der Waals surface area contributed by atoms with Gasteiger partial charge in [-0.05, 0) is 66.2 Å². The zero-order valence-electron chi connectivity index (χ0n) is 20.3. The van der Waals surface area contributed by atoms with Crippen molar-refractivity contribution in [1.82, 2.24) is 5.32 Å². The molecule has 4 rings (SSSR count). The van der Waals surface area contributed by atoms with Gasteiger partial charge in [0.15, 0.2) is 18.1 Å². The average Bonchev–Trinajstić information content (AvgIpc) is 2.90. The van der Waals surface area contributed by atoms with E-state index in [1.165, 1.54) is 37.5 Å². The van der Waals surface area contributed by atoms with Crippen LogP contribution in [0, 0.1) is 0 Å². The fourth-order valence-corrected chi connectivity index (χ4v) is 3.77. The molecule has 5 amide bonds. The molecular formula is C27H22ClN3O7. The van der Waals surface area contributed by atoms with E-state index >= 15 is 0 Å². The van der Waals surface area contributed by atoms with Crippen molar-refractivity contribution in [3.8, 4) is 17.2 Å². The van der Waals surface area contributed by atoms with Crippen LogP contribution in [-0.2, 0) is 14.4 Å². The number of rotatable bonds is 8. The summed E-state index contributed by atoms with van der Waals surface area (Å²) in [5.41, 5.74) is 0.955. The molecule has 194 valence electrons. The molecule has 1 aliphatic rings. The lowest BCUT2D eigenvalue weighted by Gasteiger charge is -2.26. The van der Waals surface area contributed by atoms with E-state index in [0.717, 1.165) is 4.90 Å². The maximum absolute atomic E-state index is 13.1. The van der Waals surface area contributed by atoms with E-state index in [1.807, 2.05) is 0 Å². The number of barbiturate groups is 1. The number of benzene rings is 3. The van der Waals surface area contributed by atoms with Crippen molar-refractivity contribution in [2.75, 3.05) is 31.0 Å². The Kier molecular flexibility index (Phi) is 7.93. The topological polar surface area (TPSA) is 123 Å². The van der Waals surface area contributed by atoms with Gasteiger partial charge in [0, 0.05) is 10.7 Å². The fourth-order valence-electron chi connectivity index (χ4n) is 3.58. The average molecular weight is 536 g/mol. The summed E-state index contributed by atoms with van der Waals surface area (Å²) < 4.78 is 16.1. The molecule has 38 heavy (non-hydrogen) atoms. The number of hydrogen-bond acceptors (Lipinski definition) is 7. The molecule has 0 saturated carbocycles. The summed E-state index contributed by atoms with van der Waals surface area (Å²) in [6.07, 6.45) is 1.32. The summed E-state index contributed by atoms with van der Waals surface area (Å²) in [5.74, 6) is -0.838. The Morgan fingerprint density at radius 3 is 2.42 bits per heavy atom. The summed E-state index contributed by atoms with van der Waals surface area (Å²) in [4.78, 5) is 51.0. The third-order valence-corrected chi connectivity index (χ3v) is 5.63. The number of urea groups is 1. The van der Waals surface area contributed by atoms with E-state index in [0.29, 0.717) is 22.0 Å². The molecular weight excluding hydrogens is 514 g/mol. The van der Waals surface area contributed by atoms with Gasteiger partial charge < -0.3 is 19.5 Å². The first-order chi connectivity index (χ1) is 18.3. The minimum absolute atomic E-state index is 0.215. The van der Waals surface area contributed by atoms with Gasteiger partial charge in [0.2, 0.25) is 0 Å². The van der Waals surface area contributed by atoms with Crippen LogP contribution in [0.25, 0.3) is 6.08 Å². The largest absolute Gasteiger partial charge is 0.497 e. The molecule has 11 heteroatoms. The van der Waals surface area contributed by atoms with Crippen LogP contribution < -0.4 is 29.7 Å². The van der Waals surface area contributed by atoms with E-state index in [-0.39, 0.29) is 29.4 Å². The molecule has 0 bridgehead atoms. The van der Waals surface area contributed by atoms with Gasteiger partial charge in [0.1, 0.15) is 11.3 Å². The molecule has 0 unspecified atom stereocenters. The van der Waals surface area contributed by atoms with Crippen molar-refractivity contribution in [2.45, 2.75) is 0 Å².